The molecule has 1 aromatic heterocycles. The second-order valence-corrected chi connectivity index (χ2v) is 5.85. The van der Waals surface area contributed by atoms with Crippen LogP contribution in [0.4, 0.5) is 0 Å². The zero-order valence-corrected chi connectivity index (χ0v) is 13.7. The molecule has 4 nitrogen and oxygen atoms in total. The number of amides is 1. The Bertz CT molecular complexity index is 824. The Morgan fingerprint density at radius 1 is 1.17 bits per heavy atom. The number of benzene rings is 2. The van der Waals surface area contributed by atoms with Crippen molar-refractivity contribution in [3.63, 3.8) is 0 Å². The highest BCUT2D eigenvalue weighted by molar-refractivity contribution is 6.30. The van der Waals surface area contributed by atoms with E-state index in [1.807, 2.05) is 25.1 Å². The van der Waals surface area contributed by atoms with E-state index in [1.54, 1.807) is 24.3 Å². The molecule has 1 N–H and O–H groups in total. The molecule has 2 aromatic carbocycles. The Morgan fingerprint density at radius 3 is 2.70 bits per heavy atom. The summed E-state index contributed by atoms with van der Waals surface area (Å²) in [5, 5.41) is 3.56. The largest absolute Gasteiger partial charge is 0.352 e. The molecule has 23 heavy (non-hydrogen) atoms. The van der Waals surface area contributed by atoms with E-state index in [-0.39, 0.29) is 5.91 Å². The summed E-state index contributed by atoms with van der Waals surface area (Å²) in [5.74, 6) is 0.920. The first kappa shape index (κ1) is 15.6. The van der Waals surface area contributed by atoms with Crippen molar-refractivity contribution in [2.45, 2.75) is 19.9 Å². The SMILES string of the molecule is Cc1nc2ccccc2n1CCCNC(=O)c1ccc(Cl)cc1. The Morgan fingerprint density at radius 2 is 1.91 bits per heavy atom. The average molecular weight is 328 g/mol. The van der Waals surface area contributed by atoms with Gasteiger partial charge in [0, 0.05) is 23.7 Å². The van der Waals surface area contributed by atoms with Crippen LogP contribution in [-0.2, 0) is 6.54 Å². The van der Waals surface area contributed by atoms with E-state index in [4.69, 9.17) is 11.6 Å². The maximum Gasteiger partial charge on any atom is 0.251 e. The number of aromatic nitrogens is 2. The molecule has 0 spiro atoms. The fraction of sp³-hybridized carbons (Fsp3) is 0.222. The zero-order chi connectivity index (χ0) is 16.2. The number of hydrogen-bond donors (Lipinski definition) is 1. The Labute approximate surface area is 140 Å². The summed E-state index contributed by atoms with van der Waals surface area (Å²) in [6.07, 6.45) is 0.848. The molecule has 1 heterocycles. The lowest BCUT2D eigenvalue weighted by molar-refractivity contribution is 0.0953. The van der Waals surface area contributed by atoms with Crippen molar-refractivity contribution in [1.82, 2.24) is 14.9 Å². The van der Waals surface area contributed by atoms with Crippen molar-refractivity contribution in [2.75, 3.05) is 6.54 Å². The maximum atomic E-state index is 12.0. The molecule has 3 aromatic rings. The first-order valence-corrected chi connectivity index (χ1v) is 7.98. The molecule has 0 fully saturated rings. The second-order valence-electron chi connectivity index (χ2n) is 5.42. The number of halogens is 1. The number of nitrogens with one attached hydrogen (secondary N) is 1. The summed E-state index contributed by atoms with van der Waals surface area (Å²) in [6, 6.07) is 15.0. The van der Waals surface area contributed by atoms with Gasteiger partial charge in [-0.15, -0.1) is 0 Å². The molecular weight excluding hydrogens is 310 g/mol. The van der Waals surface area contributed by atoms with Crippen LogP contribution >= 0.6 is 11.6 Å². The normalized spacial score (nSPS) is 10.9. The molecular formula is C18H18ClN3O. The van der Waals surface area contributed by atoms with Gasteiger partial charge in [0.05, 0.1) is 11.0 Å². The second kappa shape index (κ2) is 6.84. The molecule has 3 rings (SSSR count). The standard InChI is InChI=1S/C18H18ClN3O/c1-13-21-16-5-2-3-6-17(16)22(13)12-4-11-20-18(23)14-7-9-15(19)10-8-14/h2-3,5-10H,4,11-12H2,1H3,(H,20,23). The van der Waals surface area contributed by atoms with E-state index in [2.05, 4.69) is 20.9 Å². The smallest absolute Gasteiger partial charge is 0.251 e. The summed E-state index contributed by atoms with van der Waals surface area (Å²) in [7, 11) is 0. The van der Waals surface area contributed by atoms with Gasteiger partial charge < -0.3 is 9.88 Å². The summed E-state index contributed by atoms with van der Waals surface area (Å²) < 4.78 is 2.18. The van der Waals surface area contributed by atoms with Crippen molar-refractivity contribution in [2.24, 2.45) is 0 Å². The number of carbonyl (C=O) groups is 1. The Balaban J connectivity index is 1.56. The number of carbonyl (C=O) groups excluding carboxylic acids is 1. The van der Waals surface area contributed by atoms with Crippen LogP contribution in [0.3, 0.4) is 0 Å². The van der Waals surface area contributed by atoms with Crippen LogP contribution in [-0.4, -0.2) is 22.0 Å². The van der Waals surface area contributed by atoms with E-state index in [9.17, 15) is 4.79 Å². The van der Waals surface area contributed by atoms with Gasteiger partial charge in [-0.05, 0) is 49.7 Å². The predicted molar refractivity (Wildman–Crippen MR) is 92.9 cm³/mol. The lowest BCUT2D eigenvalue weighted by atomic mass is 10.2. The number of imidazole rings is 1. The van der Waals surface area contributed by atoms with E-state index >= 15 is 0 Å². The van der Waals surface area contributed by atoms with Crippen LogP contribution in [0.25, 0.3) is 11.0 Å². The molecule has 0 saturated heterocycles. The molecule has 0 radical (unpaired) electrons. The van der Waals surface area contributed by atoms with Crippen molar-refractivity contribution < 1.29 is 4.79 Å². The third-order valence-electron chi connectivity index (χ3n) is 3.80. The Hall–Kier alpha value is -2.33. The van der Waals surface area contributed by atoms with E-state index in [0.717, 1.165) is 29.8 Å². The molecule has 0 aliphatic heterocycles. The van der Waals surface area contributed by atoms with Gasteiger partial charge in [0.1, 0.15) is 5.82 Å². The van der Waals surface area contributed by atoms with Gasteiger partial charge in [0.2, 0.25) is 0 Å². The fourth-order valence-electron chi connectivity index (χ4n) is 2.62. The first-order chi connectivity index (χ1) is 11.1. The molecule has 0 unspecified atom stereocenters. The highest BCUT2D eigenvalue weighted by atomic mass is 35.5. The van der Waals surface area contributed by atoms with Crippen LogP contribution in [0.2, 0.25) is 5.02 Å². The predicted octanol–water partition coefficient (Wildman–Crippen LogP) is 3.82. The minimum atomic E-state index is -0.0751. The highest BCUT2D eigenvalue weighted by Gasteiger charge is 2.07. The fourth-order valence-corrected chi connectivity index (χ4v) is 2.75. The summed E-state index contributed by atoms with van der Waals surface area (Å²) >= 11 is 5.82. The monoisotopic (exact) mass is 327 g/mol. The molecule has 1 amide bonds. The highest BCUT2D eigenvalue weighted by Crippen LogP contribution is 2.15. The zero-order valence-electron chi connectivity index (χ0n) is 12.9. The lowest BCUT2D eigenvalue weighted by Gasteiger charge is -2.08. The van der Waals surface area contributed by atoms with Gasteiger partial charge in [-0.25, -0.2) is 4.98 Å². The summed E-state index contributed by atoms with van der Waals surface area (Å²) in [5.41, 5.74) is 2.77. The topological polar surface area (TPSA) is 46.9 Å². The maximum absolute atomic E-state index is 12.0. The first-order valence-electron chi connectivity index (χ1n) is 7.61. The molecule has 0 aliphatic carbocycles. The third kappa shape index (κ3) is 3.54. The molecule has 0 atom stereocenters. The minimum Gasteiger partial charge on any atom is -0.352 e. The quantitative estimate of drug-likeness (QED) is 0.724. The van der Waals surface area contributed by atoms with Crippen molar-refractivity contribution in [1.29, 1.82) is 0 Å². The minimum absolute atomic E-state index is 0.0751. The molecule has 0 bridgehead atoms. The molecule has 5 heteroatoms. The third-order valence-corrected chi connectivity index (χ3v) is 4.05. The number of nitrogens with zero attached hydrogens (tertiary/aromatic N) is 2. The van der Waals surface area contributed by atoms with E-state index < -0.39 is 0 Å². The van der Waals surface area contributed by atoms with Gasteiger partial charge in [-0.3, -0.25) is 4.79 Å². The summed E-state index contributed by atoms with van der Waals surface area (Å²) in [6.45, 7) is 3.45. The van der Waals surface area contributed by atoms with E-state index in [1.165, 1.54) is 0 Å². The van der Waals surface area contributed by atoms with Gasteiger partial charge >= 0.3 is 0 Å². The van der Waals surface area contributed by atoms with Gasteiger partial charge in [0.25, 0.3) is 5.91 Å². The Kier molecular flexibility index (Phi) is 4.63. The van der Waals surface area contributed by atoms with Crippen LogP contribution in [0, 0.1) is 6.92 Å². The number of hydrogen-bond acceptors (Lipinski definition) is 2. The average Bonchev–Trinajstić information content (AvgIpc) is 2.87. The molecule has 118 valence electrons. The number of para-hydroxylation sites is 2. The van der Waals surface area contributed by atoms with Crippen LogP contribution in [0.15, 0.2) is 48.5 Å². The van der Waals surface area contributed by atoms with Crippen LogP contribution < -0.4 is 5.32 Å². The molecule has 0 aliphatic rings. The van der Waals surface area contributed by atoms with Crippen molar-refractivity contribution in [3.8, 4) is 0 Å². The lowest BCUT2D eigenvalue weighted by Crippen LogP contribution is -2.25. The van der Waals surface area contributed by atoms with Crippen molar-refractivity contribution >= 4 is 28.5 Å². The molecule has 0 saturated carbocycles. The van der Waals surface area contributed by atoms with Crippen LogP contribution in [0.1, 0.15) is 22.6 Å². The van der Waals surface area contributed by atoms with Crippen molar-refractivity contribution in [3.05, 3.63) is 64.9 Å². The van der Waals surface area contributed by atoms with Crippen LogP contribution in [0.5, 0.6) is 0 Å². The van der Waals surface area contributed by atoms with E-state index in [0.29, 0.717) is 17.1 Å². The number of aryl methyl sites for hydroxylation is 2. The van der Waals surface area contributed by atoms with Gasteiger partial charge in [-0.2, -0.15) is 0 Å². The number of rotatable bonds is 5. The number of fused-ring (bicyclic) bond motifs is 1. The summed E-state index contributed by atoms with van der Waals surface area (Å²) in [4.78, 5) is 16.6. The van der Waals surface area contributed by atoms with Gasteiger partial charge in [0.15, 0.2) is 0 Å². The van der Waals surface area contributed by atoms with Gasteiger partial charge in [-0.1, -0.05) is 23.7 Å².